The van der Waals surface area contributed by atoms with Crippen molar-refractivity contribution in [1.29, 1.82) is 0 Å². The molecule has 0 unspecified atom stereocenters. The summed E-state index contributed by atoms with van der Waals surface area (Å²) in [6, 6.07) is -3.10. The summed E-state index contributed by atoms with van der Waals surface area (Å²) < 4.78 is 0. The van der Waals surface area contributed by atoms with E-state index in [2.05, 4.69) is 21.3 Å². The Kier molecular flexibility index (Phi) is 13.0. The van der Waals surface area contributed by atoms with Gasteiger partial charge in [-0.3, -0.25) is 24.0 Å². The van der Waals surface area contributed by atoms with E-state index < -0.39 is 48.4 Å². The Morgan fingerprint density at radius 3 is 1.87 bits per heavy atom. The zero-order chi connectivity index (χ0) is 23.3. The molecule has 0 aromatic rings. The van der Waals surface area contributed by atoms with Crippen LogP contribution in [0.15, 0.2) is 0 Å². The van der Waals surface area contributed by atoms with Crippen molar-refractivity contribution < 1.29 is 29.1 Å². The average Bonchev–Trinajstić information content (AvgIpc) is 2.63. The molecule has 0 bridgehead atoms. The molecule has 172 valence electrons. The quantitative estimate of drug-likeness (QED) is 0.179. The summed E-state index contributed by atoms with van der Waals surface area (Å²) in [4.78, 5) is 58.9. The Morgan fingerprint density at radius 2 is 1.40 bits per heavy atom. The van der Waals surface area contributed by atoms with Gasteiger partial charge < -0.3 is 32.1 Å². The number of unbranched alkanes of at least 4 members (excludes halogenated alkanes) is 1. The van der Waals surface area contributed by atoms with Gasteiger partial charge in [0.15, 0.2) is 0 Å². The van der Waals surface area contributed by atoms with Crippen molar-refractivity contribution in [3.8, 4) is 0 Å². The summed E-state index contributed by atoms with van der Waals surface area (Å²) in [6.07, 6.45) is 1.63. The summed E-state index contributed by atoms with van der Waals surface area (Å²) >= 11 is 0. The van der Waals surface area contributed by atoms with Gasteiger partial charge in [0, 0.05) is 20.4 Å². The van der Waals surface area contributed by atoms with Gasteiger partial charge in [-0.25, -0.2) is 0 Å². The number of hydrogen-bond acceptors (Lipinski definition) is 6. The van der Waals surface area contributed by atoms with Gasteiger partial charge in [0.2, 0.25) is 29.5 Å². The van der Waals surface area contributed by atoms with E-state index in [9.17, 15) is 29.1 Å². The maximum absolute atomic E-state index is 12.7. The van der Waals surface area contributed by atoms with Crippen LogP contribution in [0, 0.1) is 5.92 Å². The van der Waals surface area contributed by atoms with Crippen LogP contribution in [0.4, 0.5) is 0 Å². The molecule has 0 saturated carbocycles. The second kappa shape index (κ2) is 14.3. The predicted molar refractivity (Wildman–Crippen MR) is 110 cm³/mol. The Bertz CT molecular complexity index is 610. The van der Waals surface area contributed by atoms with Gasteiger partial charge in [-0.2, -0.15) is 0 Å². The highest BCUT2D eigenvalue weighted by atomic mass is 16.3. The number of nitrogens with two attached hydrogens (primary N) is 1. The third-order valence-corrected chi connectivity index (χ3v) is 4.17. The summed E-state index contributed by atoms with van der Waals surface area (Å²) in [7, 11) is 0. The minimum atomic E-state index is -1.21. The maximum atomic E-state index is 12.7. The number of primary amides is 1. The second-order valence-corrected chi connectivity index (χ2v) is 7.57. The first-order valence-electron chi connectivity index (χ1n) is 10.00. The van der Waals surface area contributed by atoms with Gasteiger partial charge in [-0.15, -0.1) is 0 Å². The number of carbonyl (C=O) groups excluding carboxylic acids is 5. The number of amides is 5. The van der Waals surface area contributed by atoms with E-state index >= 15 is 0 Å². The van der Waals surface area contributed by atoms with Crippen LogP contribution >= 0.6 is 0 Å². The lowest BCUT2D eigenvalue weighted by atomic mass is 10.0. The van der Waals surface area contributed by atoms with Crippen LogP contribution in [0.2, 0.25) is 0 Å². The molecule has 3 atom stereocenters. The molecular weight excluding hydrogens is 394 g/mol. The molecule has 11 heteroatoms. The van der Waals surface area contributed by atoms with Crippen molar-refractivity contribution in [2.24, 2.45) is 11.7 Å². The number of aliphatic hydroxyl groups is 1. The van der Waals surface area contributed by atoms with Crippen molar-refractivity contribution in [2.75, 3.05) is 13.2 Å². The van der Waals surface area contributed by atoms with Gasteiger partial charge in [0.25, 0.3) is 0 Å². The highest BCUT2D eigenvalue weighted by Gasteiger charge is 2.28. The van der Waals surface area contributed by atoms with Crippen LogP contribution in [0.25, 0.3) is 0 Å². The Balaban J connectivity index is 5.16. The lowest BCUT2D eigenvalue weighted by Gasteiger charge is -2.24. The van der Waals surface area contributed by atoms with E-state index in [1.165, 1.54) is 13.8 Å². The standard InChI is InChI=1S/C19H35N5O6/c1-11(2)9-15(17(20)28)24-18(29)14(7-5-6-8-21-12(3)26)23-19(30)16(10-25)22-13(4)27/h11,14-16,25H,5-10H2,1-4H3,(H2,20,28)(H,21,26)(H,22,27)(H,23,30)(H,24,29)/t14-,15-,16-/m0/s1. The molecule has 0 spiro atoms. The molecule has 0 rings (SSSR count). The first-order valence-corrected chi connectivity index (χ1v) is 10.00. The fourth-order valence-corrected chi connectivity index (χ4v) is 2.71. The molecule has 7 N–H and O–H groups in total. The normalized spacial score (nSPS) is 13.7. The smallest absolute Gasteiger partial charge is 0.245 e. The minimum absolute atomic E-state index is 0.104. The average molecular weight is 430 g/mol. The number of nitrogens with one attached hydrogen (secondary N) is 4. The molecule has 30 heavy (non-hydrogen) atoms. The fourth-order valence-electron chi connectivity index (χ4n) is 2.71. The summed E-state index contributed by atoms with van der Waals surface area (Å²) in [6.45, 7) is 6.13. The molecule has 5 amide bonds. The van der Waals surface area contributed by atoms with Gasteiger partial charge in [-0.05, 0) is 31.6 Å². The van der Waals surface area contributed by atoms with E-state index in [1.807, 2.05) is 13.8 Å². The summed E-state index contributed by atoms with van der Waals surface area (Å²) in [5, 5.41) is 19.3. The molecular formula is C19H35N5O6. The molecule has 0 aromatic heterocycles. The topological polar surface area (TPSA) is 180 Å². The minimum Gasteiger partial charge on any atom is -0.394 e. The number of rotatable bonds is 14. The summed E-state index contributed by atoms with van der Waals surface area (Å²) in [5.41, 5.74) is 5.37. The van der Waals surface area contributed by atoms with Gasteiger partial charge in [-0.1, -0.05) is 13.8 Å². The van der Waals surface area contributed by atoms with E-state index in [1.54, 1.807) is 0 Å². The van der Waals surface area contributed by atoms with E-state index in [0.29, 0.717) is 25.8 Å². The number of aliphatic hydroxyl groups excluding tert-OH is 1. The lowest BCUT2D eigenvalue weighted by molar-refractivity contribution is -0.133. The highest BCUT2D eigenvalue weighted by Crippen LogP contribution is 2.07. The Morgan fingerprint density at radius 1 is 0.833 bits per heavy atom. The molecule has 11 nitrogen and oxygen atoms in total. The monoisotopic (exact) mass is 429 g/mol. The molecule has 0 aliphatic rings. The highest BCUT2D eigenvalue weighted by molar-refractivity contribution is 5.93. The largest absolute Gasteiger partial charge is 0.394 e. The van der Waals surface area contributed by atoms with Gasteiger partial charge >= 0.3 is 0 Å². The van der Waals surface area contributed by atoms with Crippen LogP contribution in [0.3, 0.4) is 0 Å². The van der Waals surface area contributed by atoms with Crippen molar-refractivity contribution in [2.45, 2.75) is 71.5 Å². The van der Waals surface area contributed by atoms with Crippen LogP contribution in [0.5, 0.6) is 0 Å². The molecule has 0 aliphatic heterocycles. The molecule has 0 aromatic carbocycles. The van der Waals surface area contributed by atoms with Crippen molar-refractivity contribution >= 4 is 29.5 Å². The van der Waals surface area contributed by atoms with Crippen molar-refractivity contribution in [1.82, 2.24) is 21.3 Å². The van der Waals surface area contributed by atoms with Crippen LogP contribution in [-0.2, 0) is 24.0 Å². The SMILES string of the molecule is CC(=O)NCCCC[C@H](NC(=O)[C@H](CO)NC(C)=O)C(=O)N[C@@H](CC(C)C)C(N)=O. The first-order chi connectivity index (χ1) is 14.0. The van der Waals surface area contributed by atoms with E-state index in [4.69, 9.17) is 5.73 Å². The third-order valence-electron chi connectivity index (χ3n) is 4.17. The Labute approximate surface area is 176 Å². The van der Waals surface area contributed by atoms with Crippen LogP contribution in [-0.4, -0.2) is 65.9 Å². The van der Waals surface area contributed by atoms with Gasteiger partial charge in [0.1, 0.15) is 18.1 Å². The van der Waals surface area contributed by atoms with E-state index in [-0.39, 0.29) is 18.2 Å². The molecule has 0 fully saturated rings. The van der Waals surface area contributed by atoms with Crippen molar-refractivity contribution in [3.05, 3.63) is 0 Å². The van der Waals surface area contributed by atoms with E-state index in [0.717, 1.165) is 0 Å². The predicted octanol–water partition coefficient (Wildman–Crippen LogP) is -1.71. The molecule has 0 saturated heterocycles. The maximum Gasteiger partial charge on any atom is 0.245 e. The number of carbonyl (C=O) groups is 5. The zero-order valence-electron chi connectivity index (χ0n) is 18.1. The molecule has 0 radical (unpaired) electrons. The van der Waals surface area contributed by atoms with Crippen LogP contribution in [0.1, 0.15) is 53.4 Å². The van der Waals surface area contributed by atoms with Crippen molar-refractivity contribution in [3.63, 3.8) is 0 Å². The Hall–Kier alpha value is -2.69. The second-order valence-electron chi connectivity index (χ2n) is 7.57. The first kappa shape index (κ1) is 27.3. The fraction of sp³-hybridized carbons (Fsp3) is 0.737. The third kappa shape index (κ3) is 12.0. The van der Waals surface area contributed by atoms with Gasteiger partial charge in [0.05, 0.1) is 6.61 Å². The number of hydrogen-bond donors (Lipinski definition) is 6. The molecule has 0 heterocycles. The van der Waals surface area contributed by atoms with Crippen LogP contribution < -0.4 is 27.0 Å². The zero-order valence-corrected chi connectivity index (χ0v) is 18.1. The summed E-state index contributed by atoms with van der Waals surface area (Å²) in [5.74, 6) is -2.57. The molecule has 0 aliphatic carbocycles. The lowest BCUT2D eigenvalue weighted by Crippen LogP contribution is -2.57.